The lowest BCUT2D eigenvalue weighted by molar-refractivity contribution is -0.120. The van der Waals surface area contributed by atoms with Gasteiger partial charge in [0, 0.05) is 6.42 Å². The minimum atomic E-state index is -0.347. The molecule has 0 radical (unpaired) electrons. The molecule has 0 amide bonds. The Kier molecular flexibility index (Phi) is 4.92. The smallest absolute Gasteiger partial charge is 0.149 e. The molecule has 0 aliphatic carbocycles. The van der Waals surface area contributed by atoms with Crippen LogP contribution < -0.4 is 5.73 Å². The summed E-state index contributed by atoms with van der Waals surface area (Å²) in [7, 11) is 0. The first-order valence-electron chi connectivity index (χ1n) is 4.76. The molecule has 2 heteroatoms. The maximum atomic E-state index is 11.4. The molecule has 1 unspecified atom stereocenters. The summed E-state index contributed by atoms with van der Waals surface area (Å²) < 4.78 is 0. The third-order valence-corrected chi connectivity index (χ3v) is 1.96. The van der Waals surface area contributed by atoms with Crippen LogP contribution in [0.15, 0.2) is 12.7 Å². The fraction of sp³-hybridized carbons (Fsp3) is 0.727. The average molecular weight is 183 g/mol. The molecule has 2 N–H and O–H groups in total. The summed E-state index contributed by atoms with van der Waals surface area (Å²) in [6, 6.07) is -0.347. The highest BCUT2D eigenvalue weighted by atomic mass is 16.1. The van der Waals surface area contributed by atoms with Crippen molar-refractivity contribution in [1.29, 1.82) is 0 Å². The molecule has 0 saturated heterocycles. The monoisotopic (exact) mass is 183 g/mol. The van der Waals surface area contributed by atoms with E-state index in [-0.39, 0.29) is 17.2 Å². The lowest BCUT2D eigenvalue weighted by Gasteiger charge is -2.18. The highest BCUT2D eigenvalue weighted by molar-refractivity contribution is 5.83. The van der Waals surface area contributed by atoms with Gasteiger partial charge < -0.3 is 5.73 Å². The van der Waals surface area contributed by atoms with Crippen LogP contribution in [0, 0.1) is 5.41 Å². The zero-order chi connectivity index (χ0) is 10.5. The summed E-state index contributed by atoms with van der Waals surface area (Å²) in [5.74, 6) is 0.148. The Morgan fingerprint density at radius 2 is 2.08 bits per heavy atom. The van der Waals surface area contributed by atoms with Crippen LogP contribution in [0.25, 0.3) is 0 Å². The summed E-state index contributed by atoms with van der Waals surface area (Å²) in [6.07, 6.45) is 3.76. The number of Topliss-reactive ketones (excluding diaryl/α,β-unsaturated/α-hetero) is 1. The van der Waals surface area contributed by atoms with Crippen LogP contribution >= 0.6 is 0 Å². The summed E-state index contributed by atoms with van der Waals surface area (Å²) in [5, 5.41) is 0. The number of ketones is 1. The number of hydrogen-bond acceptors (Lipinski definition) is 2. The Morgan fingerprint density at radius 1 is 1.54 bits per heavy atom. The average Bonchev–Trinajstić information content (AvgIpc) is 1.99. The molecular formula is C11H21NO. The van der Waals surface area contributed by atoms with Crippen LogP contribution in [0.4, 0.5) is 0 Å². The first kappa shape index (κ1) is 12.4. The van der Waals surface area contributed by atoms with E-state index < -0.39 is 0 Å². The van der Waals surface area contributed by atoms with Gasteiger partial charge in [-0.25, -0.2) is 0 Å². The third kappa shape index (κ3) is 6.52. The summed E-state index contributed by atoms with van der Waals surface area (Å²) in [4.78, 5) is 11.4. The Labute approximate surface area is 81.2 Å². The predicted molar refractivity (Wildman–Crippen MR) is 56.5 cm³/mol. The van der Waals surface area contributed by atoms with Gasteiger partial charge in [0.15, 0.2) is 0 Å². The van der Waals surface area contributed by atoms with Crippen molar-refractivity contribution < 1.29 is 4.79 Å². The van der Waals surface area contributed by atoms with E-state index in [0.29, 0.717) is 12.8 Å². The zero-order valence-corrected chi connectivity index (χ0v) is 8.97. The second-order valence-corrected chi connectivity index (χ2v) is 4.66. The Bertz CT molecular complexity index is 179. The van der Waals surface area contributed by atoms with Gasteiger partial charge in [-0.1, -0.05) is 26.8 Å². The summed E-state index contributed by atoms with van der Waals surface area (Å²) >= 11 is 0. The topological polar surface area (TPSA) is 43.1 Å². The fourth-order valence-corrected chi connectivity index (χ4v) is 0.995. The highest BCUT2D eigenvalue weighted by Gasteiger charge is 2.16. The number of nitrogens with two attached hydrogens (primary N) is 1. The van der Waals surface area contributed by atoms with Crippen molar-refractivity contribution in [3.05, 3.63) is 12.7 Å². The van der Waals surface area contributed by atoms with Gasteiger partial charge in [-0.3, -0.25) is 4.79 Å². The molecule has 0 aliphatic heterocycles. The van der Waals surface area contributed by atoms with Gasteiger partial charge in [0.1, 0.15) is 5.78 Å². The molecule has 0 aliphatic rings. The molecule has 0 saturated carbocycles. The number of hydrogen-bond donors (Lipinski definition) is 1. The Balaban J connectivity index is 3.81. The molecule has 76 valence electrons. The van der Waals surface area contributed by atoms with E-state index in [1.807, 2.05) is 0 Å². The van der Waals surface area contributed by atoms with E-state index in [1.165, 1.54) is 0 Å². The normalized spacial score (nSPS) is 13.8. The van der Waals surface area contributed by atoms with Crippen molar-refractivity contribution in [3.8, 4) is 0 Å². The maximum Gasteiger partial charge on any atom is 0.149 e. The molecule has 13 heavy (non-hydrogen) atoms. The van der Waals surface area contributed by atoms with Crippen LogP contribution in [0.5, 0.6) is 0 Å². The van der Waals surface area contributed by atoms with Gasteiger partial charge in [-0.2, -0.15) is 0 Å². The molecule has 1 atom stereocenters. The van der Waals surface area contributed by atoms with Gasteiger partial charge in [-0.15, -0.1) is 6.58 Å². The molecule has 0 heterocycles. The predicted octanol–water partition coefficient (Wildman–Crippen LogP) is 2.29. The first-order chi connectivity index (χ1) is 5.87. The fourth-order valence-electron chi connectivity index (χ4n) is 0.995. The van der Waals surface area contributed by atoms with E-state index in [4.69, 9.17) is 5.73 Å². The largest absolute Gasteiger partial charge is 0.321 e. The molecule has 0 aromatic heterocycles. The van der Waals surface area contributed by atoms with Crippen molar-refractivity contribution in [3.63, 3.8) is 0 Å². The van der Waals surface area contributed by atoms with Gasteiger partial charge in [-0.05, 0) is 18.3 Å². The molecular weight excluding hydrogens is 162 g/mol. The van der Waals surface area contributed by atoms with Crippen molar-refractivity contribution in [2.75, 3.05) is 0 Å². The third-order valence-electron chi connectivity index (χ3n) is 1.96. The minimum absolute atomic E-state index is 0.148. The van der Waals surface area contributed by atoms with Crippen molar-refractivity contribution in [1.82, 2.24) is 0 Å². The minimum Gasteiger partial charge on any atom is -0.321 e. The first-order valence-corrected chi connectivity index (χ1v) is 4.76. The van der Waals surface area contributed by atoms with E-state index >= 15 is 0 Å². The number of rotatable bonds is 5. The molecule has 2 nitrogen and oxygen atoms in total. The Hall–Kier alpha value is -0.630. The van der Waals surface area contributed by atoms with E-state index in [0.717, 1.165) is 6.42 Å². The van der Waals surface area contributed by atoms with E-state index in [9.17, 15) is 4.79 Å². The molecule has 0 aromatic carbocycles. The van der Waals surface area contributed by atoms with Crippen LogP contribution in [0.1, 0.15) is 40.0 Å². The summed E-state index contributed by atoms with van der Waals surface area (Å²) in [6.45, 7) is 9.93. The van der Waals surface area contributed by atoms with Gasteiger partial charge in [0.25, 0.3) is 0 Å². The van der Waals surface area contributed by atoms with Gasteiger partial charge in [0.05, 0.1) is 6.04 Å². The van der Waals surface area contributed by atoms with E-state index in [2.05, 4.69) is 27.4 Å². The SMILES string of the molecule is C=CCC(N)C(=O)CCC(C)(C)C. The molecule has 0 bridgehead atoms. The van der Waals surface area contributed by atoms with Crippen molar-refractivity contribution in [2.24, 2.45) is 11.1 Å². The molecule has 0 fully saturated rings. The molecule has 0 spiro atoms. The Morgan fingerprint density at radius 3 is 2.46 bits per heavy atom. The van der Waals surface area contributed by atoms with Crippen LogP contribution in [-0.4, -0.2) is 11.8 Å². The number of carbonyl (C=O) groups excluding carboxylic acids is 1. The lowest BCUT2D eigenvalue weighted by Crippen LogP contribution is -2.30. The quantitative estimate of drug-likeness (QED) is 0.664. The number of carbonyl (C=O) groups is 1. The van der Waals surface area contributed by atoms with Gasteiger partial charge >= 0.3 is 0 Å². The van der Waals surface area contributed by atoms with E-state index in [1.54, 1.807) is 6.08 Å². The maximum absolute atomic E-state index is 11.4. The standard InChI is InChI=1S/C11H21NO/c1-5-6-9(12)10(13)7-8-11(2,3)4/h5,9H,1,6-8,12H2,2-4H3. The van der Waals surface area contributed by atoms with Crippen molar-refractivity contribution >= 4 is 5.78 Å². The molecule has 0 rings (SSSR count). The zero-order valence-electron chi connectivity index (χ0n) is 8.97. The second-order valence-electron chi connectivity index (χ2n) is 4.66. The van der Waals surface area contributed by atoms with Gasteiger partial charge in [0.2, 0.25) is 0 Å². The lowest BCUT2D eigenvalue weighted by atomic mass is 9.88. The van der Waals surface area contributed by atoms with Crippen molar-refractivity contribution in [2.45, 2.75) is 46.1 Å². The molecule has 0 aromatic rings. The van der Waals surface area contributed by atoms with Crippen LogP contribution in [0.3, 0.4) is 0 Å². The van der Waals surface area contributed by atoms with Crippen LogP contribution in [-0.2, 0) is 4.79 Å². The van der Waals surface area contributed by atoms with Crippen LogP contribution in [0.2, 0.25) is 0 Å². The second kappa shape index (κ2) is 5.18. The summed E-state index contributed by atoms with van der Waals surface area (Å²) in [5.41, 5.74) is 5.85. The highest BCUT2D eigenvalue weighted by Crippen LogP contribution is 2.21.